The highest BCUT2D eigenvalue weighted by molar-refractivity contribution is 5.37. The quantitative estimate of drug-likeness (QED) is 0.656. The lowest BCUT2D eigenvalue weighted by Crippen LogP contribution is -2.30. The molecule has 2 aromatic carbocycles. The Balaban J connectivity index is 2.28. The van der Waals surface area contributed by atoms with Crippen LogP contribution >= 0.6 is 0 Å². The molecule has 0 heterocycles. The Labute approximate surface area is 122 Å². The number of nitrogens with one attached hydrogen (secondary N) is 1. The number of nitrogens with two attached hydrogens (primary N) is 1. The molecular formula is C18H24N2. The van der Waals surface area contributed by atoms with Gasteiger partial charge in [0, 0.05) is 0 Å². The summed E-state index contributed by atoms with van der Waals surface area (Å²) in [5.74, 6) is 5.79. The number of aryl methyl sites for hydroxylation is 3. The van der Waals surface area contributed by atoms with E-state index in [0.717, 1.165) is 6.42 Å². The highest BCUT2D eigenvalue weighted by Crippen LogP contribution is 2.24. The zero-order chi connectivity index (χ0) is 14.7. The Bertz CT molecular complexity index is 602. The minimum absolute atomic E-state index is 0.150. The molecule has 0 amide bonds. The van der Waals surface area contributed by atoms with Gasteiger partial charge in [0.15, 0.2) is 0 Å². The fourth-order valence-electron chi connectivity index (χ4n) is 2.58. The van der Waals surface area contributed by atoms with Crippen LogP contribution in [0.5, 0.6) is 0 Å². The molecule has 0 fully saturated rings. The van der Waals surface area contributed by atoms with E-state index in [4.69, 9.17) is 5.84 Å². The van der Waals surface area contributed by atoms with Crippen LogP contribution in [-0.2, 0) is 6.42 Å². The van der Waals surface area contributed by atoms with E-state index < -0.39 is 0 Å². The zero-order valence-electron chi connectivity index (χ0n) is 12.8. The summed E-state index contributed by atoms with van der Waals surface area (Å²) in [6, 6.07) is 13.2. The molecule has 2 nitrogen and oxygen atoms in total. The number of hydrogen-bond donors (Lipinski definition) is 2. The van der Waals surface area contributed by atoms with E-state index in [1.54, 1.807) is 0 Å². The lowest BCUT2D eigenvalue weighted by Gasteiger charge is -2.20. The largest absolute Gasteiger partial charge is 0.271 e. The van der Waals surface area contributed by atoms with Gasteiger partial charge in [0.1, 0.15) is 0 Å². The minimum Gasteiger partial charge on any atom is -0.271 e. The summed E-state index contributed by atoms with van der Waals surface area (Å²) in [6.45, 7) is 8.60. The van der Waals surface area contributed by atoms with E-state index in [1.807, 2.05) is 0 Å². The average molecular weight is 268 g/mol. The first-order valence-electron chi connectivity index (χ1n) is 7.11. The molecule has 2 rings (SSSR count). The van der Waals surface area contributed by atoms with Crippen LogP contribution in [0.25, 0.3) is 0 Å². The smallest absolute Gasteiger partial charge is 0.0503 e. The minimum atomic E-state index is 0.150. The van der Waals surface area contributed by atoms with Crippen molar-refractivity contribution in [3.63, 3.8) is 0 Å². The van der Waals surface area contributed by atoms with Crippen molar-refractivity contribution in [2.75, 3.05) is 0 Å². The zero-order valence-corrected chi connectivity index (χ0v) is 12.8. The molecular weight excluding hydrogens is 244 g/mol. The number of rotatable bonds is 4. The number of hydrazine groups is 1. The fourth-order valence-corrected chi connectivity index (χ4v) is 2.58. The molecule has 0 saturated carbocycles. The molecule has 0 aliphatic carbocycles. The van der Waals surface area contributed by atoms with Crippen LogP contribution in [0.3, 0.4) is 0 Å². The first-order valence-corrected chi connectivity index (χ1v) is 7.11. The molecule has 2 aromatic rings. The average Bonchev–Trinajstić information content (AvgIpc) is 2.43. The van der Waals surface area contributed by atoms with Crippen LogP contribution in [0.1, 0.15) is 39.4 Å². The van der Waals surface area contributed by atoms with Crippen molar-refractivity contribution in [3.8, 4) is 0 Å². The highest BCUT2D eigenvalue weighted by atomic mass is 15.2. The van der Waals surface area contributed by atoms with E-state index in [0.29, 0.717) is 0 Å². The first-order chi connectivity index (χ1) is 9.52. The van der Waals surface area contributed by atoms with Gasteiger partial charge in [-0.05, 0) is 67.5 Å². The van der Waals surface area contributed by atoms with Gasteiger partial charge >= 0.3 is 0 Å². The van der Waals surface area contributed by atoms with Gasteiger partial charge in [0.25, 0.3) is 0 Å². The maximum absolute atomic E-state index is 5.79. The van der Waals surface area contributed by atoms with E-state index in [2.05, 4.69) is 69.5 Å². The van der Waals surface area contributed by atoms with Crippen molar-refractivity contribution in [1.82, 2.24) is 5.43 Å². The first kappa shape index (κ1) is 14.8. The van der Waals surface area contributed by atoms with Crippen molar-refractivity contribution < 1.29 is 0 Å². The summed E-state index contributed by atoms with van der Waals surface area (Å²) in [5, 5.41) is 0. The predicted molar refractivity (Wildman–Crippen MR) is 85.6 cm³/mol. The molecule has 0 saturated heterocycles. The molecule has 1 unspecified atom stereocenters. The van der Waals surface area contributed by atoms with Crippen LogP contribution < -0.4 is 11.3 Å². The Morgan fingerprint density at radius 2 is 1.70 bits per heavy atom. The van der Waals surface area contributed by atoms with Crippen molar-refractivity contribution in [2.24, 2.45) is 5.84 Å². The van der Waals surface area contributed by atoms with Crippen LogP contribution in [0.4, 0.5) is 0 Å². The second kappa shape index (κ2) is 6.21. The van der Waals surface area contributed by atoms with Gasteiger partial charge in [-0.3, -0.25) is 11.3 Å². The summed E-state index contributed by atoms with van der Waals surface area (Å²) in [7, 11) is 0. The summed E-state index contributed by atoms with van der Waals surface area (Å²) >= 11 is 0. The van der Waals surface area contributed by atoms with Crippen molar-refractivity contribution in [1.29, 1.82) is 0 Å². The van der Waals surface area contributed by atoms with Crippen LogP contribution in [-0.4, -0.2) is 0 Å². The third-order valence-electron chi connectivity index (χ3n) is 4.23. The van der Waals surface area contributed by atoms with Gasteiger partial charge < -0.3 is 0 Å². The Kier molecular flexibility index (Phi) is 4.58. The van der Waals surface area contributed by atoms with Gasteiger partial charge in [-0.2, -0.15) is 0 Å². The third-order valence-corrected chi connectivity index (χ3v) is 4.23. The molecule has 1 atom stereocenters. The maximum Gasteiger partial charge on any atom is 0.0503 e. The van der Waals surface area contributed by atoms with Crippen molar-refractivity contribution >= 4 is 0 Å². The summed E-state index contributed by atoms with van der Waals surface area (Å²) in [6.07, 6.45) is 0.905. The molecule has 3 N–H and O–H groups in total. The fraction of sp³-hybridized carbons (Fsp3) is 0.333. The Hall–Kier alpha value is -1.64. The summed E-state index contributed by atoms with van der Waals surface area (Å²) in [5.41, 5.74) is 10.9. The van der Waals surface area contributed by atoms with Crippen LogP contribution in [0.15, 0.2) is 36.4 Å². The normalized spacial score (nSPS) is 12.4. The van der Waals surface area contributed by atoms with Gasteiger partial charge in [0.2, 0.25) is 0 Å². The SMILES string of the molecule is Cc1ccc(CC(NN)c2cccc(C)c2C)cc1C. The standard InChI is InChI=1S/C18H24N2/c1-12-8-9-16(10-14(12)3)11-18(20-19)17-7-5-6-13(2)15(17)4/h5-10,18,20H,11,19H2,1-4H3. The predicted octanol–water partition coefficient (Wildman–Crippen LogP) is 3.67. The Morgan fingerprint density at radius 1 is 0.950 bits per heavy atom. The Morgan fingerprint density at radius 3 is 2.35 bits per heavy atom. The van der Waals surface area contributed by atoms with Crippen molar-refractivity contribution in [2.45, 2.75) is 40.2 Å². The van der Waals surface area contributed by atoms with Gasteiger partial charge in [0.05, 0.1) is 6.04 Å². The van der Waals surface area contributed by atoms with Crippen LogP contribution in [0, 0.1) is 27.7 Å². The topological polar surface area (TPSA) is 38.0 Å². The number of benzene rings is 2. The molecule has 0 aliphatic heterocycles. The highest BCUT2D eigenvalue weighted by Gasteiger charge is 2.14. The molecule has 0 spiro atoms. The number of hydrogen-bond acceptors (Lipinski definition) is 2. The molecule has 2 heteroatoms. The molecule has 0 radical (unpaired) electrons. The lowest BCUT2D eigenvalue weighted by atomic mass is 9.92. The molecule has 0 aromatic heterocycles. The van der Waals surface area contributed by atoms with Crippen LogP contribution in [0.2, 0.25) is 0 Å². The molecule has 20 heavy (non-hydrogen) atoms. The maximum atomic E-state index is 5.79. The second-order valence-corrected chi connectivity index (χ2v) is 5.63. The van der Waals surface area contributed by atoms with Gasteiger partial charge in [-0.1, -0.05) is 36.4 Å². The van der Waals surface area contributed by atoms with Crippen molar-refractivity contribution in [3.05, 3.63) is 69.8 Å². The van der Waals surface area contributed by atoms with E-state index in [-0.39, 0.29) is 6.04 Å². The van der Waals surface area contributed by atoms with E-state index in [1.165, 1.54) is 33.4 Å². The van der Waals surface area contributed by atoms with Gasteiger partial charge in [-0.15, -0.1) is 0 Å². The van der Waals surface area contributed by atoms with E-state index >= 15 is 0 Å². The lowest BCUT2D eigenvalue weighted by molar-refractivity contribution is 0.549. The molecule has 106 valence electrons. The third kappa shape index (κ3) is 3.09. The molecule has 0 bridgehead atoms. The second-order valence-electron chi connectivity index (χ2n) is 5.63. The molecule has 0 aliphatic rings. The van der Waals surface area contributed by atoms with Gasteiger partial charge in [-0.25, -0.2) is 0 Å². The van der Waals surface area contributed by atoms with E-state index in [9.17, 15) is 0 Å². The monoisotopic (exact) mass is 268 g/mol. The summed E-state index contributed by atoms with van der Waals surface area (Å²) < 4.78 is 0. The summed E-state index contributed by atoms with van der Waals surface area (Å²) in [4.78, 5) is 0.